The number of hydrogen-bond acceptors (Lipinski definition) is 5. The third-order valence-electron chi connectivity index (χ3n) is 4.40. The van der Waals surface area contributed by atoms with Gasteiger partial charge in [0.1, 0.15) is 28.8 Å². The molecule has 0 saturated carbocycles. The minimum Gasteiger partial charge on any atom is -0.388 e. The van der Waals surface area contributed by atoms with Gasteiger partial charge in [-0.3, -0.25) is 0 Å². The molecule has 30 heavy (non-hydrogen) atoms. The van der Waals surface area contributed by atoms with E-state index in [9.17, 15) is 35.5 Å². The van der Waals surface area contributed by atoms with Crippen LogP contribution < -0.4 is 0 Å². The van der Waals surface area contributed by atoms with Gasteiger partial charge in [0.15, 0.2) is 15.6 Å². The topological polar surface area (TPSA) is 80.4 Å². The fourth-order valence-corrected chi connectivity index (χ4v) is 3.77. The van der Waals surface area contributed by atoms with Gasteiger partial charge in [-0.15, -0.1) is 0 Å². The Morgan fingerprint density at radius 1 is 1.10 bits per heavy atom. The first kappa shape index (κ1) is 21.9. The molecule has 5 nitrogen and oxygen atoms in total. The summed E-state index contributed by atoms with van der Waals surface area (Å²) in [6.07, 6.45) is -3.87. The van der Waals surface area contributed by atoms with Gasteiger partial charge in [-0.2, -0.15) is 13.2 Å². The van der Waals surface area contributed by atoms with E-state index in [0.717, 1.165) is 18.2 Å². The second-order valence-electron chi connectivity index (χ2n) is 6.55. The van der Waals surface area contributed by atoms with Gasteiger partial charge < -0.3 is 9.63 Å². The van der Waals surface area contributed by atoms with Crippen LogP contribution in [0, 0.1) is 18.6 Å². The number of halogens is 5. The number of rotatable bonds is 4. The Morgan fingerprint density at radius 2 is 1.77 bits per heavy atom. The number of aromatic nitrogens is 1. The number of aliphatic hydroxyl groups excluding tert-OH is 1. The van der Waals surface area contributed by atoms with Crippen LogP contribution >= 0.6 is 0 Å². The minimum absolute atomic E-state index is 0.103. The van der Waals surface area contributed by atoms with E-state index < -0.39 is 50.3 Å². The van der Waals surface area contributed by atoms with E-state index in [4.69, 9.17) is 4.52 Å². The maximum atomic E-state index is 14.7. The van der Waals surface area contributed by atoms with Gasteiger partial charge in [0.05, 0.1) is 11.1 Å². The highest BCUT2D eigenvalue weighted by Crippen LogP contribution is 2.39. The summed E-state index contributed by atoms with van der Waals surface area (Å²) in [5.41, 5.74) is -1.72. The molecule has 0 aliphatic heterocycles. The molecule has 0 saturated heterocycles. The molecule has 160 valence electrons. The summed E-state index contributed by atoms with van der Waals surface area (Å²) in [7, 11) is -4.05. The zero-order chi connectivity index (χ0) is 22.4. The van der Waals surface area contributed by atoms with Crippen LogP contribution in [0.3, 0.4) is 0 Å². The summed E-state index contributed by atoms with van der Waals surface area (Å²) in [5.74, 6) is -2.65. The van der Waals surface area contributed by atoms with Crippen molar-refractivity contribution in [1.82, 2.24) is 5.16 Å². The van der Waals surface area contributed by atoms with Crippen LogP contribution in [0.2, 0.25) is 0 Å². The minimum atomic E-state index is -4.58. The summed E-state index contributed by atoms with van der Waals surface area (Å²) in [6.45, 7) is 0.455. The molecule has 0 aliphatic carbocycles. The molecule has 0 unspecified atom stereocenters. The quantitative estimate of drug-likeness (QED) is 0.596. The molecule has 1 N–H and O–H groups in total. The van der Waals surface area contributed by atoms with E-state index >= 15 is 0 Å². The van der Waals surface area contributed by atoms with Crippen LogP contribution in [-0.2, 0) is 22.6 Å². The maximum absolute atomic E-state index is 14.7. The Bertz CT molecular complexity index is 1230. The number of sulfone groups is 1. The molecule has 0 aliphatic rings. The second-order valence-corrected chi connectivity index (χ2v) is 8.53. The van der Waals surface area contributed by atoms with Crippen LogP contribution in [0.5, 0.6) is 0 Å². The molecule has 1 aromatic heterocycles. The van der Waals surface area contributed by atoms with Gasteiger partial charge >= 0.3 is 6.18 Å². The van der Waals surface area contributed by atoms with Gasteiger partial charge in [0.25, 0.3) is 0 Å². The lowest BCUT2D eigenvalue weighted by Gasteiger charge is -2.12. The predicted octanol–water partition coefficient (Wildman–Crippen LogP) is 4.51. The lowest BCUT2D eigenvalue weighted by atomic mass is 9.96. The van der Waals surface area contributed by atoms with Gasteiger partial charge in [0, 0.05) is 17.4 Å². The van der Waals surface area contributed by atoms with Crippen LogP contribution in [0.25, 0.3) is 22.4 Å². The van der Waals surface area contributed by atoms with Crippen molar-refractivity contribution in [3.8, 4) is 22.4 Å². The lowest BCUT2D eigenvalue weighted by Crippen LogP contribution is -2.07. The average molecular weight is 447 g/mol. The van der Waals surface area contributed by atoms with Crippen LogP contribution in [0.1, 0.15) is 16.9 Å². The molecule has 0 radical (unpaired) electrons. The monoisotopic (exact) mass is 447 g/mol. The third kappa shape index (κ3) is 3.94. The Labute approximate surface area is 167 Å². The summed E-state index contributed by atoms with van der Waals surface area (Å²) >= 11 is 0. The van der Waals surface area contributed by atoms with Crippen molar-refractivity contribution in [1.29, 1.82) is 0 Å². The SMILES string of the molecule is Cc1cc(-c2noc(CO)c2-c2cc(F)c(S(C)(=O)=O)cc2F)ccc1C(F)(F)F. The molecule has 3 aromatic rings. The first-order chi connectivity index (χ1) is 13.8. The van der Waals surface area contributed by atoms with Crippen LogP contribution in [0.4, 0.5) is 22.0 Å². The van der Waals surface area contributed by atoms with E-state index in [2.05, 4.69) is 5.16 Å². The number of alkyl halides is 3. The van der Waals surface area contributed by atoms with E-state index in [-0.39, 0.29) is 28.1 Å². The molecule has 0 amide bonds. The van der Waals surface area contributed by atoms with Crippen molar-refractivity contribution in [3.05, 3.63) is 58.9 Å². The molecular weight excluding hydrogens is 433 g/mol. The zero-order valence-electron chi connectivity index (χ0n) is 15.5. The summed E-state index contributed by atoms with van der Waals surface area (Å²) in [4.78, 5) is -0.863. The number of hydrogen-bond donors (Lipinski definition) is 1. The Morgan fingerprint density at radius 3 is 2.30 bits per heavy atom. The van der Waals surface area contributed by atoms with Crippen molar-refractivity contribution in [2.45, 2.75) is 24.6 Å². The highest BCUT2D eigenvalue weighted by molar-refractivity contribution is 7.90. The molecule has 2 aromatic carbocycles. The third-order valence-corrected chi connectivity index (χ3v) is 5.51. The number of benzene rings is 2. The van der Waals surface area contributed by atoms with E-state index in [1.807, 2.05) is 0 Å². The normalized spacial score (nSPS) is 12.4. The summed E-state index contributed by atoms with van der Waals surface area (Å²) in [6, 6.07) is 4.13. The van der Waals surface area contributed by atoms with E-state index in [0.29, 0.717) is 18.4 Å². The van der Waals surface area contributed by atoms with Crippen molar-refractivity contribution in [2.75, 3.05) is 6.26 Å². The fraction of sp³-hybridized carbons (Fsp3) is 0.211. The second kappa shape index (κ2) is 7.47. The predicted molar refractivity (Wildman–Crippen MR) is 96.1 cm³/mol. The molecule has 0 spiro atoms. The highest BCUT2D eigenvalue weighted by atomic mass is 32.2. The number of aryl methyl sites for hydroxylation is 1. The zero-order valence-corrected chi connectivity index (χ0v) is 16.3. The fourth-order valence-electron chi connectivity index (χ4n) is 3.04. The molecule has 0 bridgehead atoms. The highest BCUT2D eigenvalue weighted by Gasteiger charge is 2.33. The van der Waals surface area contributed by atoms with Crippen molar-refractivity contribution >= 4 is 9.84 Å². The molecule has 0 atom stereocenters. The Hall–Kier alpha value is -2.79. The molecular formula is C19H14F5NO4S. The smallest absolute Gasteiger partial charge is 0.388 e. The Balaban J connectivity index is 2.24. The molecule has 0 fully saturated rings. The average Bonchev–Trinajstić information content (AvgIpc) is 3.05. The van der Waals surface area contributed by atoms with Crippen LogP contribution in [0.15, 0.2) is 39.8 Å². The standard InChI is InChI=1S/C19H14F5NO4S/c1-9-5-10(3-4-12(9)19(22,23)24)18-17(15(8-26)29-25-18)11-6-14(21)16(7-13(11)20)30(2,27)28/h3-7,26H,8H2,1-2H3. The molecule has 11 heteroatoms. The maximum Gasteiger partial charge on any atom is 0.416 e. The van der Waals surface area contributed by atoms with Gasteiger partial charge in [-0.05, 0) is 36.8 Å². The van der Waals surface area contributed by atoms with Crippen molar-refractivity contribution in [2.24, 2.45) is 0 Å². The Kier molecular flexibility index (Phi) is 5.46. The van der Waals surface area contributed by atoms with Crippen LogP contribution in [-0.4, -0.2) is 24.9 Å². The molecule has 1 heterocycles. The van der Waals surface area contributed by atoms with Gasteiger partial charge in [-0.1, -0.05) is 11.2 Å². The van der Waals surface area contributed by atoms with E-state index in [1.165, 1.54) is 6.92 Å². The molecule has 3 rings (SSSR count). The first-order valence-corrected chi connectivity index (χ1v) is 10.2. The number of aliphatic hydroxyl groups is 1. The first-order valence-electron chi connectivity index (χ1n) is 8.31. The summed E-state index contributed by atoms with van der Waals surface area (Å²) in [5, 5.41) is 13.2. The lowest BCUT2D eigenvalue weighted by molar-refractivity contribution is -0.138. The van der Waals surface area contributed by atoms with E-state index in [1.54, 1.807) is 0 Å². The number of nitrogens with zero attached hydrogens (tertiary/aromatic N) is 1. The van der Waals surface area contributed by atoms with Gasteiger partial charge in [0.2, 0.25) is 0 Å². The van der Waals surface area contributed by atoms with Crippen molar-refractivity contribution in [3.63, 3.8) is 0 Å². The van der Waals surface area contributed by atoms with Crippen molar-refractivity contribution < 1.29 is 40.0 Å². The summed E-state index contributed by atoms with van der Waals surface area (Å²) < 4.78 is 96.2. The largest absolute Gasteiger partial charge is 0.416 e. The van der Waals surface area contributed by atoms with Gasteiger partial charge in [-0.25, -0.2) is 17.2 Å².